The molecular weight excluding hydrogens is 515 g/mol. The molecule has 2 N–H and O–H groups in total. The van der Waals surface area contributed by atoms with E-state index >= 15 is 0 Å². The van der Waals surface area contributed by atoms with Crippen LogP contribution in [-0.4, -0.2) is 68.4 Å². The Morgan fingerprint density at radius 1 is 1.19 bits per heavy atom. The number of benzene rings is 1. The number of rotatable bonds is 12. The van der Waals surface area contributed by atoms with Gasteiger partial charge in [0.25, 0.3) is 0 Å². The van der Waals surface area contributed by atoms with Gasteiger partial charge in [0, 0.05) is 37.6 Å². The maximum Gasteiger partial charge on any atom is 0.478 e. The molecule has 1 aromatic rings. The third kappa shape index (κ3) is 9.55. The molecule has 0 saturated carbocycles. The molecule has 1 aromatic carbocycles. The van der Waals surface area contributed by atoms with E-state index in [-0.39, 0.29) is 36.2 Å². The van der Waals surface area contributed by atoms with Gasteiger partial charge in [0.1, 0.15) is 5.75 Å². The molecule has 200 valence electrons. The van der Waals surface area contributed by atoms with Gasteiger partial charge in [-0.15, -0.1) is 0 Å². The van der Waals surface area contributed by atoms with Crippen molar-refractivity contribution < 1.29 is 46.8 Å². The van der Waals surface area contributed by atoms with E-state index < -0.39 is 38.0 Å². The Morgan fingerprint density at radius 3 is 2.64 bits per heavy atom. The number of carbonyl (C=O) groups excluding carboxylic acids is 4. The molecule has 1 heterocycles. The first-order chi connectivity index (χ1) is 17.0. The highest BCUT2D eigenvalue weighted by atomic mass is 32.2. The number of ether oxygens (including phenoxy) is 2. The first-order valence-corrected chi connectivity index (χ1v) is 13.5. The normalized spacial score (nSPS) is 20.7. The first kappa shape index (κ1) is 29.8. The number of carbonyl (C=O) groups is 4. The zero-order valence-electron chi connectivity index (χ0n) is 20.6. The second-order valence-electron chi connectivity index (χ2n) is 8.34. The smallest absolute Gasteiger partial charge is 0.478 e. The average molecular weight is 547 g/mol. The number of phosphoric acid groups is 1. The highest BCUT2D eigenvalue weighted by molar-refractivity contribution is 8.13. The average Bonchev–Trinajstić information content (AvgIpc) is 2.83. The van der Waals surface area contributed by atoms with Gasteiger partial charge in [-0.3, -0.25) is 23.4 Å². The van der Waals surface area contributed by atoms with Crippen molar-refractivity contribution in [1.82, 2.24) is 10.6 Å². The second-order valence-corrected chi connectivity index (χ2v) is 11.2. The predicted molar refractivity (Wildman–Crippen MR) is 130 cm³/mol. The van der Waals surface area contributed by atoms with Crippen LogP contribution in [0.5, 0.6) is 5.75 Å². The van der Waals surface area contributed by atoms with E-state index in [0.717, 1.165) is 11.8 Å². The number of methoxy groups -OCH3 is 1. The maximum absolute atomic E-state index is 12.9. The molecule has 1 aliphatic rings. The minimum Gasteiger partial charge on any atom is -0.497 e. The molecular formula is C22H31N2O10PS. The Labute approximate surface area is 213 Å². The van der Waals surface area contributed by atoms with Gasteiger partial charge in [0.15, 0.2) is 11.2 Å². The van der Waals surface area contributed by atoms with Crippen molar-refractivity contribution in [1.29, 1.82) is 0 Å². The molecule has 0 aromatic heterocycles. The summed E-state index contributed by atoms with van der Waals surface area (Å²) in [6.07, 6.45) is -1.20. The summed E-state index contributed by atoms with van der Waals surface area (Å²) in [4.78, 5) is 47.6. The van der Waals surface area contributed by atoms with Crippen LogP contribution in [0.25, 0.3) is 0 Å². The summed E-state index contributed by atoms with van der Waals surface area (Å²) in [5, 5.41) is 5.19. The lowest BCUT2D eigenvalue weighted by Crippen LogP contribution is -2.50. The van der Waals surface area contributed by atoms with Gasteiger partial charge in [0.05, 0.1) is 19.3 Å². The molecule has 0 radical (unpaired) electrons. The van der Waals surface area contributed by atoms with Crippen molar-refractivity contribution in [3.8, 4) is 5.75 Å². The molecule has 2 rings (SSSR count). The first-order valence-electron chi connectivity index (χ1n) is 11.0. The number of phosphoric ester groups is 1. The fourth-order valence-corrected chi connectivity index (χ4v) is 4.94. The predicted octanol–water partition coefficient (Wildman–Crippen LogP) is 2.28. The van der Waals surface area contributed by atoms with E-state index in [0.29, 0.717) is 18.0 Å². The van der Waals surface area contributed by atoms with Crippen LogP contribution in [-0.2, 0) is 37.3 Å². The highest BCUT2D eigenvalue weighted by Gasteiger charge is 2.49. The number of esters is 1. The topological polar surface area (TPSA) is 156 Å². The molecule has 0 spiro atoms. The summed E-state index contributed by atoms with van der Waals surface area (Å²) < 4.78 is 38.6. The summed E-state index contributed by atoms with van der Waals surface area (Å²) in [7, 11) is -2.76. The molecule has 36 heavy (non-hydrogen) atoms. The molecule has 1 fully saturated rings. The van der Waals surface area contributed by atoms with Crippen LogP contribution in [0.1, 0.15) is 37.6 Å². The van der Waals surface area contributed by atoms with E-state index in [9.17, 15) is 23.7 Å². The Hall–Kier alpha value is -2.44. The van der Waals surface area contributed by atoms with Crippen LogP contribution < -0.4 is 15.4 Å². The van der Waals surface area contributed by atoms with E-state index in [4.69, 9.17) is 23.0 Å². The van der Waals surface area contributed by atoms with Crippen molar-refractivity contribution in [2.45, 2.75) is 33.3 Å². The van der Waals surface area contributed by atoms with Crippen molar-refractivity contribution in [2.75, 3.05) is 39.4 Å². The fraction of sp³-hybridized carbons (Fsp3) is 0.545. The molecule has 0 bridgehead atoms. The van der Waals surface area contributed by atoms with Crippen LogP contribution in [0.15, 0.2) is 24.3 Å². The van der Waals surface area contributed by atoms with Crippen LogP contribution in [0.3, 0.4) is 0 Å². The quantitative estimate of drug-likeness (QED) is 0.172. The summed E-state index contributed by atoms with van der Waals surface area (Å²) in [6, 6.07) is 6.24. The molecule has 2 atom stereocenters. The van der Waals surface area contributed by atoms with Gasteiger partial charge in [-0.1, -0.05) is 31.7 Å². The summed E-state index contributed by atoms with van der Waals surface area (Å²) in [5.74, 6) is -0.719. The van der Waals surface area contributed by atoms with Gasteiger partial charge in [-0.25, -0.2) is 13.9 Å². The van der Waals surface area contributed by atoms with Gasteiger partial charge >= 0.3 is 13.8 Å². The van der Waals surface area contributed by atoms with E-state index in [1.165, 1.54) is 26.2 Å². The lowest BCUT2D eigenvalue weighted by molar-refractivity contribution is -0.143. The fourth-order valence-electron chi connectivity index (χ4n) is 2.94. The van der Waals surface area contributed by atoms with Crippen molar-refractivity contribution in [3.05, 3.63) is 29.8 Å². The molecule has 0 aliphatic carbocycles. The SMILES string of the molecule is COc1cccc(C(=O)OCOP2(=O)OCC(C)(C)[C@H](C(=O)NCCC(=O)NCCSC(C)=O)O2)c1. The lowest BCUT2D eigenvalue weighted by atomic mass is 9.87. The minimum atomic E-state index is -4.22. The number of hydrogen-bond donors (Lipinski definition) is 2. The Bertz CT molecular complexity index is 1000. The number of thioether (sulfide) groups is 1. The Kier molecular flexibility index (Phi) is 11.4. The van der Waals surface area contributed by atoms with Gasteiger partial charge < -0.3 is 20.1 Å². The van der Waals surface area contributed by atoms with Gasteiger partial charge in [-0.2, -0.15) is 0 Å². The highest BCUT2D eigenvalue weighted by Crippen LogP contribution is 2.57. The molecule has 12 nitrogen and oxygen atoms in total. The summed E-state index contributed by atoms with van der Waals surface area (Å²) >= 11 is 1.10. The Balaban J connectivity index is 1.82. The number of hydrogen-bond acceptors (Lipinski definition) is 11. The minimum absolute atomic E-state index is 0.00844. The Morgan fingerprint density at radius 2 is 1.94 bits per heavy atom. The van der Waals surface area contributed by atoms with E-state index in [2.05, 4.69) is 10.6 Å². The standard InChI is InChI=1S/C22H31N2O10PS/c1-15(25)36-11-10-23-18(26)8-9-24-20(27)19-22(2,3)13-32-35(29,34-19)33-14-31-21(28)16-6-5-7-17(12-16)30-4/h5-7,12,19H,8-11,13-14H2,1-4H3,(H,23,26)(H,24,27)/t19-,35?/m0/s1. The zero-order chi connectivity index (χ0) is 26.8. The van der Waals surface area contributed by atoms with Crippen LogP contribution >= 0.6 is 19.6 Å². The van der Waals surface area contributed by atoms with Crippen LogP contribution in [0.2, 0.25) is 0 Å². The number of nitrogens with one attached hydrogen (secondary N) is 2. The molecule has 1 saturated heterocycles. The van der Waals surface area contributed by atoms with Crippen molar-refractivity contribution in [3.63, 3.8) is 0 Å². The van der Waals surface area contributed by atoms with Crippen molar-refractivity contribution in [2.24, 2.45) is 5.41 Å². The van der Waals surface area contributed by atoms with E-state index in [1.54, 1.807) is 26.0 Å². The molecule has 1 unspecified atom stereocenters. The van der Waals surface area contributed by atoms with Gasteiger partial charge in [0.2, 0.25) is 18.6 Å². The van der Waals surface area contributed by atoms with Gasteiger partial charge in [-0.05, 0) is 18.2 Å². The monoisotopic (exact) mass is 546 g/mol. The van der Waals surface area contributed by atoms with Crippen LogP contribution in [0.4, 0.5) is 0 Å². The third-order valence-electron chi connectivity index (χ3n) is 4.86. The largest absolute Gasteiger partial charge is 0.497 e. The summed E-state index contributed by atoms with van der Waals surface area (Å²) in [5.41, 5.74) is -0.660. The molecule has 2 amide bonds. The lowest BCUT2D eigenvalue weighted by Gasteiger charge is -2.39. The third-order valence-corrected chi connectivity index (χ3v) is 7.01. The zero-order valence-corrected chi connectivity index (χ0v) is 22.3. The van der Waals surface area contributed by atoms with Crippen LogP contribution in [0, 0.1) is 5.41 Å². The van der Waals surface area contributed by atoms with E-state index in [1.807, 2.05) is 0 Å². The maximum atomic E-state index is 12.9. The molecule has 1 aliphatic heterocycles. The summed E-state index contributed by atoms with van der Waals surface area (Å²) in [6.45, 7) is 4.30. The second kappa shape index (κ2) is 13.8. The molecule has 14 heteroatoms. The van der Waals surface area contributed by atoms with Crippen molar-refractivity contribution >= 4 is 42.5 Å². The number of amides is 2.